The van der Waals surface area contributed by atoms with E-state index in [0.29, 0.717) is 16.9 Å². The van der Waals surface area contributed by atoms with Gasteiger partial charge in [-0.05, 0) is 0 Å². The molecular formula is C7H8BN2O. The summed E-state index contributed by atoms with van der Waals surface area (Å²) >= 11 is 0. The Morgan fingerprint density at radius 2 is 2.00 bits per heavy atom. The van der Waals surface area contributed by atoms with E-state index in [1.807, 2.05) is 0 Å². The number of rotatable bonds is 1. The first-order chi connectivity index (χ1) is 5.11. The Morgan fingerprint density at radius 1 is 1.36 bits per heavy atom. The Kier molecular flexibility index (Phi) is 1.85. The number of hydrogen-bond acceptors (Lipinski definition) is 3. The van der Waals surface area contributed by atoms with Crippen molar-refractivity contribution in [2.75, 3.05) is 11.5 Å². The second kappa shape index (κ2) is 2.66. The number of anilines is 2. The van der Waals surface area contributed by atoms with Crippen molar-refractivity contribution in [3.63, 3.8) is 0 Å². The second-order valence-corrected chi connectivity index (χ2v) is 2.23. The molecule has 1 aromatic carbocycles. The Morgan fingerprint density at radius 3 is 2.45 bits per heavy atom. The quantitative estimate of drug-likeness (QED) is 0.382. The summed E-state index contributed by atoms with van der Waals surface area (Å²) in [5.41, 5.74) is 12.0. The predicted octanol–water partition coefficient (Wildman–Crippen LogP) is -0.130. The van der Waals surface area contributed by atoms with Crippen LogP contribution in [0.2, 0.25) is 0 Å². The first-order valence-corrected chi connectivity index (χ1v) is 3.08. The molecule has 0 aliphatic carbocycles. The summed E-state index contributed by atoms with van der Waals surface area (Å²) in [5.74, 6) is 0. The molecule has 1 radical (unpaired) electrons. The number of hydrogen-bond donors (Lipinski definition) is 3. The van der Waals surface area contributed by atoms with Gasteiger partial charge in [0.05, 0.1) is 0 Å². The molecule has 1 rings (SSSR count). The molecule has 0 amide bonds. The van der Waals surface area contributed by atoms with Gasteiger partial charge < -0.3 is 0 Å². The van der Waals surface area contributed by atoms with E-state index in [-0.39, 0.29) is 5.65 Å². The zero-order chi connectivity index (χ0) is 8.43. The van der Waals surface area contributed by atoms with Gasteiger partial charge in [0.15, 0.2) is 0 Å². The number of aliphatic hydroxyl groups is 1. The van der Waals surface area contributed by atoms with Crippen LogP contribution < -0.4 is 11.5 Å². The molecular weight excluding hydrogens is 139 g/mol. The fraction of sp³-hybridized carbons (Fsp3) is 0. The van der Waals surface area contributed by atoms with E-state index < -0.39 is 0 Å². The van der Waals surface area contributed by atoms with Crippen LogP contribution in [0.25, 0.3) is 0 Å². The monoisotopic (exact) mass is 147 g/mol. The van der Waals surface area contributed by atoms with Crippen LogP contribution in [0, 0.1) is 0 Å². The molecule has 0 saturated heterocycles. The van der Waals surface area contributed by atoms with Gasteiger partial charge in [-0.15, -0.1) is 0 Å². The number of aliphatic hydroxyl groups excluding tert-OH is 1. The SMILES string of the molecule is [B]=C(O)c1ccc(N)cc1N. The van der Waals surface area contributed by atoms with Crippen molar-refractivity contribution in [1.29, 1.82) is 0 Å². The van der Waals surface area contributed by atoms with Crippen molar-refractivity contribution in [2.45, 2.75) is 0 Å². The van der Waals surface area contributed by atoms with Gasteiger partial charge in [0, 0.05) is 0 Å². The van der Waals surface area contributed by atoms with Gasteiger partial charge in [-0.3, -0.25) is 0 Å². The van der Waals surface area contributed by atoms with Crippen LogP contribution in [0.3, 0.4) is 0 Å². The van der Waals surface area contributed by atoms with Crippen LogP contribution in [-0.4, -0.2) is 18.2 Å². The van der Waals surface area contributed by atoms with Gasteiger partial charge in [0.1, 0.15) is 0 Å². The standard InChI is InChI=1S/C7H8BN2O/c8-7(11)5-2-1-4(9)3-6(5)10/h1-3,11H,9-10H2. The van der Waals surface area contributed by atoms with E-state index in [2.05, 4.69) is 0 Å². The molecule has 0 aromatic heterocycles. The summed E-state index contributed by atoms with van der Waals surface area (Å²) in [7, 11) is 5.12. The first-order valence-electron chi connectivity index (χ1n) is 3.08. The third kappa shape index (κ3) is 1.52. The summed E-state index contributed by atoms with van der Waals surface area (Å²) in [5, 5.41) is 8.87. The molecule has 0 saturated carbocycles. The van der Waals surface area contributed by atoms with E-state index in [4.69, 9.17) is 24.1 Å². The summed E-state index contributed by atoms with van der Waals surface area (Å²) in [6.45, 7) is 0. The maximum absolute atomic E-state index is 8.87. The zero-order valence-electron chi connectivity index (χ0n) is 5.91. The van der Waals surface area contributed by atoms with Crippen LogP contribution in [-0.2, 0) is 0 Å². The Hall–Kier alpha value is -1.45. The van der Waals surface area contributed by atoms with Gasteiger partial charge in [-0.25, -0.2) is 0 Å². The molecule has 0 bridgehead atoms. The Labute approximate surface area is 65.7 Å². The van der Waals surface area contributed by atoms with Crippen molar-refractivity contribution in [3.8, 4) is 0 Å². The Balaban J connectivity index is 3.20. The Bertz CT molecular complexity index is 298. The van der Waals surface area contributed by atoms with Crippen LogP contribution in [0.4, 0.5) is 11.4 Å². The van der Waals surface area contributed by atoms with Crippen LogP contribution in [0.1, 0.15) is 5.56 Å². The van der Waals surface area contributed by atoms with Gasteiger partial charge in [-0.1, -0.05) is 0 Å². The van der Waals surface area contributed by atoms with Crippen LogP contribution >= 0.6 is 0 Å². The normalized spacial score (nSPS) is 9.36. The number of nitrogen functional groups attached to an aromatic ring is 2. The first kappa shape index (κ1) is 7.66. The van der Waals surface area contributed by atoms with E-state index in [0.717, 1.165) is 0 Å². The van der Waals surface area contributed by atoms with E-state index in [1.54, 1.807) is 18.2 Å². The van der Waals surface area contributed by atoms with Crippen molar-refractivity contribution in [1.82, 2.24) is 0 Å². The minimum absolute atomic E-state index is 0.289. The second-order valence-electron chi connectivity index (χ2n) is 2.23. The number of nitrogens with two attached hydrogens (primary N) is 2. The molecule has 11 heavy (non-hydrogen) atoms. The molecule has 0 aliphatic heterocycles. The predicted molar refractivity (Wildman–Crippen MR) is 47.1 cm³/mol. The molecule has 0 atom stereocenters. The van der Waals surface area contributed by atoms with Crippen molar-refractivity contribution < 1.29 is 5.11 Å². The average Bonchev–Trinajstić information content (AvgIpc) is 1.85. The summed E-state index contributed by atoms with van der Waals surface area (Å²) in [6, 6.07) is 4.73. The fourth-order valence-electron chi connectivity index (χ4n) is 0.814. The topological polar surface area (TPSA) is 72.3 Å². The van der Waals surface area contributed by atoms with Gasteiger partial charge in [0.2, 0.25) is 0 Å². The summed E-state index contributed by atoms with van der Waals surface area (Å²) in [4.78, 5) is 0. The number of benzene rings is 1. The van der Waals surface area contributed by atoms with Gasteiger partial charge in [0.25, 0.3) is 0 Å². The molecule has 1 aromatic rings. The van der Waals surface area contributed by atoms with Crippen LogP contribution in [0.5, 0.6) is 0 Å². The summed E-state index contributed by atoms with van der Waals surface area (Å²) < 4.78 is 0. The molecule has 0 unspecified atom stereocenters. The van der Waals surface area contributed by atoms with E-state index in [9.17, 15) is 0 Å². The zero-order valence-corrected chi connectivity index (χ0v) is 5.91. The molecule has 0 heterocycles. The van der Waals surface area contributed by atoms with Crippen molar-refractivity contribution in [2.24, 2.45) is 0 Å². The minimum atomic E-state index is -0.289. The third-order valence-corrected chi connectivity index (χ3v) is 1.35. The third-order valence-electron chi connectivity index (χ3n) is 1.35. The molecule has 0 aliphatic rings. The van der Waals surface area contributed by atoms with Crippen molar-refractivity contribution >= 4 is 24.5 Å². The molecule has 0 fully saturated rings. The maximum atomic E-state index is 8.87. The van der Waals surface area contributed by atoms with E-state index in [1.165, 1.54) is 0 Å². The van der Waals surface area contributed by atoms with Gasteiger partial charge in [-0.2, -0.15) is 0 Å². The van der Waals surface area contributed by atoms with Crippen molar-refractivity contribution in [3.05, 3.63) is 23.8 Å². The molecule has 4 heteroatoms. The molecule has 5 N–H and O–H groups in total. The van der Waals surface area contributed by atoms with Crippen LogP contribution in [0.15, 0.2) is 18.2 Å². The summed E-state index contributed by atoms with van der Waals surface area (Å²) in [6.07, 6.45) is 0. The van der Waals surface area contributed by atoms with E-state index >= 15 is 0 Å². The molecule has 55 valence electrons. The molecule has 0 spiro atoms. The molecule has 3 nitrogen and oxygen atoms in total. The average molecular weight is 147 g/mol. The van der Waals surface area contributed by atoms with Gasteiger partial charge >= 0.3 is 64.8 Å². The fourth-order valence-corrected chi connectivity index (χ4v) is 0.814.